The number of aromatic nitrogens is 5. The Morgan fingerprint density at radius 3 is 2.73 bits per heavy atom. The van der Waals surface area contributed by atoms with Crippen molar-refractivity contribution in [3.63, 3.8) is 0 Å². The summed E-state index contributed by atoms with van der Waals surface area (Å²) in [6, 6.07) is 2.43. The molecule has 0 spiro atoms. The van der Waals surface area contributed by atoms with Crippen LogP contribution in [0.1, 0.15) is 37.9 Å². The molecule has 4 heterocycles. The van der Waals surface area contributed by atoms with Crippen LogP contribution in [0.2, 0.25) is 0 Å². The first-order valence-corrected chi connectivity index (χ1v) is 9.54. The van der Waals surface area contributed by atoms with E-state index < -0.39 is 0 Å². The molecule has 0 aromatic carbocycles. The largest absolute Gasteiger partial charge is 0.480 e. The molecule has 2 aliphatic heterocycles. The molecule has 0 radical (unpaired) electrons. The fourth-order valence-electron chi connectivity index (χ4n) is 4.82. The standard InChI is InChI=1S/C18H25N7O/c1-11-5-6-25-17(11)21-18(23-25)20-16-12-3-4-13(16)10-24(9-12)14-7-15(26-2)22-19-8-14/h7-8,11-13,16H,3-6,9-10H2,1-2H3,(H,20,23)/t11-,12-,13+,16?/m1/s1. The highest BCUT2D eigenvalue weighted by Crippen LogP contribution is 2.40. The van der Waals surface area contributed by atoms with Gasteiger partial charge in [-0.05, 0) is 31.1 Å². The number of aryl methyl sites for hydroxylation is 1. The van der Waals surface area contributed by atoms with Crippen molar-refractivity contribution < 1.29 is 4.74 Å². The molecule has 5 rings (SSSR count). The van der Waals surface area contributed by atoms with Crippen LogP contribution in [-0.4, -0.2) is 51.2 Å². The van der Waals surface area contributed by atoms with E-state index in [0.29, 0.717) is 29.7 Å². The molecule has 1 saturated carbocycles. The van der Waals surface area contributed by atoms with E-state index in [4.69, 9.17) is 9.72 Å². The van der Waals surface area contributed by atoms with Crippen molar-refractivity contribution in [1.82, 2.24) is 25.0 Å². The summed E-state index contributed by atoms with van der Waals surface area (Å²) in [5.41, 5.74) is 1.10. The minimum absolute atomic E-state index is 0.460. The van der Waals surface area contributed by atoms with Crippen molar-refractivity contribution in [1.29, 1.82) is 0 Å². The van der Waals surface area contributed by atoms with E-state index >= 15 is 0 Å². The van der Waals surface area contributed by atoms with E-state index in [2.05, 4.69) is 37.1 Å². The van der Waals surface area contributed by atoms with Crippen molar-refractivity contribution in [3.05, 3.63) is 18.1 Å². The zero-order valence-electron chi connectivity index (χ0n) is 15.3. The second kappa shape index (κ2) is 6.10. The summed E-state index contributed by atoms with van der Waals surface area (Å²) < 4.78 is 7.29. The second-order valence-corrected chi connectivity index (χ2v) is 7.84. The lowest BCUT2D eigenvalue weighted by Crippen LogP contribution is -2.48. The van der Waals surface area contributed by atoms with Crippen molar-refractivity contribution in [2.45, 2.75) is 44.7 Å². The monoisotopic (exact) mass is 355 g/mol. The third-order valence-electron chi connectivity index (χ3n) is 6.24. The number of piperidine rings is 1. The quantitative estimate of drug-likeness (QED) is 0.897. The lowest BCUT2D eigenvalue weighted by atomic mass is 9.92. The summed E-state index contributed by atoms with van der Waals surface area (Å²) >= 11 is 0. The third kappa shape index (κ3) is 2.59. The second-order valence-electron chi connectivity index (χ2n) is 7.84. The van der Waals surface area contributed by atoms with Crippen LogP contribution in [-0.2, 0) is 6.54 Å². The number of rotatable bonds is 4. The molecule has 2 aromatic heterocycles. The molecule has 1 aliphatic carbocycles. The number of nitrogens with zero attached hydrogens (tertiary/aromatic N) is 6. The van der Waals surface area contributed by atoms with Gasteiger partial charge in [-0.3, -0.25) is 0 Å². The fraction of sp³-hybridized carbons (Fsp3) is 0.667. The van der Waals surface area contributed by atoms with Crippen molar-refractivity contribution in [2.75, 3.05) is 30.4 Å². The molecular formula is C18H25N7O. The van der Waals surface area contributed by atoms with Crippen LogP contribution in [0.4, 0.5) is 11.6 Å². The SMILES string of the molecule is COc1cc(N2C[C@H]3CC[C@@H](C2)C3Nc2nc3n(n2)CC[C@H]3C)cnn1. The van der Waals surface area contributed by atoms with Crippen molar-refractivity contribution in [3.8, 4) is 5.88 Å². The third-order valence-corrected chi connectivity index (χ3v) is 6.24. The number of anilines is 2. The number of hydrogen-bond acceptors (Lipinski definition) is 7. The minimum atomic E-state index is 0.460. The van der Waals surface area contributed by atoms with Crippen molar-refractivity contribution in [2.24, 2.45) is 11.8 Å². The van der Waals surface area contributed by atoms with Crippen LogP contribution in [0.5, 0.6) is 5.88 Å². The van der Waals surface area contributed by atoms with Crippen LogP contribution in [0, 0.1) is 11.8 Å². The number of nitrogens with one attached hydrogen (secondary N) is 1. The summed E-state index contributed by atoms with van der Waals surface area (Å²) in [5, 5.41) is 16.4. The number of fused-ring (bicyclic) bond motifs is 3. The molecule has 8 nitrogen and oxygen atoms in total. The highest BCUT2D eigenvalue weighted by molar-refractivity contribution is 5.48. The first-order chi connectivity index (χ1) is 12.7. The Balaban J connectivity index is 1.31. The predicted molar refractivity (Wildman–Crippen MR) is 97.5 cm³/mol. The van der Waals surface area contributed by atoms with Gasteiger partial charge in [0.1, 0.15) is 5.82 Å². The Labute approximate surface area is 153 Å². The summed E-state index contributed by atoms with van der Waals surface area (Å²) in [4.78, 5) is 7.17. The highest BCUT2D eigenvalue weighted by Gasteiger charge is 2.43. The Morgan fingerprint density at radius 2 is 2.00 bits per heavy atom. The minimum Gasteiger partial charge on any atom is -0.480 e. The molecular weight excluding hydrogens is 330 g/mol. The van der Waals surface area contributed by atoms with Crippen LogP contribution in [0.15, 0.2) is 12.3 Å². The summed E-state index contributed by atoms with van der Waals surface area (Å²) in [6.45, 7) is 5.27. The molecule has 4 atom stereocenters. The van der Waals surface area contributed by atoms with Crippen LogP contribution < -0.4 is 15.0 Å². The smallest absolute Gasteiger partial charge is 0.242 e. The zero-order chi connectivity index (χ0) is 17.7. The van der Waals surface area contributed by atoms with Gasteiger partial charge in [0.15, 0.2) is 0 Å². The average Bonchev–Trinajstić information content (AvgIpc) is 3.28. The Morgan fingerprint density at radius 1 is 1.19 bits per heavy atom. The maximum absolute atomic E-state index is 5.22. The Bertz CT molecular complexity index is 793. The van der Waals surface area contributed by atoms with Gasteiger partial charge in [-0.15, -0.1) is 10.2 Å². The van der Waals surface area contributed by atoms with Gasteiger partial charge in [0.05, 0.1) is 19.0 Å². The molecule has 2 bridgehead atoms. The van der Waals surface area contributed by atoms with E-state index in [0.717, 1.165) is 43.5 Å². The lowest BCUT2D eigenvalue weighted by Gasteiger charge is -2.39. The van der Waals surface area contributed by atoms with E-state index in [1.165, 1.54) is 12.8 Å². The van der Waals surface area contributed by atoms with Gasteiger partial charge in [-0.1, -0.05) is 6.92 Å². The molecule has 8 heteroatoms. The Hall–Kier alpha value is -2.38. The van der Waals surface area contributed by atoms with Gasteiger partial charge >= 0.3 is 0 Å². The van der Waals surface area contributed by atoms with Gasteiger partial charge in [0.25, 0.3) is 0 Å². The van der Waals surface area contributed by atoms with Crippen molar-refractivity contribution >= 4 is 11.6 Å². The predicted octanol–water partition coefficient (Wildman–Crippen LogP) is 1.91. The van der Waals surface area contributed by atoms with Crippen LogP contribution in [0.25, 0.3) is 0 Å². The van der Waals surface area contributed by atoms with Gasteiger partial charge in [0.2, 0.25) is 11.8 Å². The van der Waals surface area contributed by atoms with Gasteiger partial charge < -0.3 is 15.0 Å². The molecule has 1 saturated heterocycles. The lowest BCUT2D eigenvalue weighted by molar-refractivity contribution is 0.372. The van der Waals surface area contributed by atoms with Crippen LogP contribution >= 0.6 is 0 Å². The molecule has 2 aromatic rings. The van der Waals surface area contributed by atoms with E-state index in [-0.39, 0.29) is 0 Å². The topological polar surface area (TPSA) is 81.0 Å². The number of hydrogen-bond donors (Lipinski definition) is 1. The van der Waals surface area contributed by atoms with E-state index in [1.807, 2.05) is 12.3 Å². The van der Waals surface area contributed by atoms with E-state index in [9.17, 15) is 0 Å². The number of ether oxygens (including phenoxy) is 1. The normalized spacial score (nSPS) is 29.7. The molecule has 26 heavy (non-hydrogen) atoms. The first-order valence-electron chi connectivity index (χ1n) is 9.54. The highest BCUT2D eigenvalue weighted by atomic mass is 16.5. The maximum Gasteiger partial charge on any atom is 0.242 e. The molecule has 3 aliphatic rings. The Kier molecular flexibility index (Phi) is 3.72. The molecule has 1 unspecified atom stereocenters. The van der Waals surface area contributed by atoms with E-state index in [1.54, 1.807) is 7.11 Å². The molecule has 1 N–H and O–H groups in total. The summed E-state index contributed by atoms with van der Waals surface area (Å²) in [7, 11) is 1.63. The zero-order valence-corrected chi connectivity index (χ0v) is 15.3. The van der Waals surface area contributed by atoms with Gasteiger partial charge in [-0.25, -0.2) is 4.68 Å². The average molecular weight is 355 g/mol. The maximum atomic E-state index is 5.22. The fourth-order valence-corrected chi connectivity index (χ4v) is 4.82. The van der Waals surface area contributed by atoms with Crippen LogP contribution in [0.3, 0.4) is 0 Å². The molecule has 138 valence electrons. The molecule has 2 fully saturated rings. The number of methoxy groups -OCH3 is 1. The first kappa shape index (κ1) is 15.8. The van der Waals surface area contributed by atoms with Gasteiger partial charge in [0, 0.05) is 37.7 Å². The molecule has 0 amide bonds. The van der Waals surface area contributed by atoms with Gasteiger partial charge in [-0.2, -0.15) is 10.1 Å². The summed E-state index contributed by atoms with van der Waals surface area (Å²) in [5.74, 6) is 4.24. The summed E-state index contributed by atoms with van der Waals surface area (Å²) in [6.07, 6.45) is 5.48.